The van der Waals surface area contributed by atoms with Crippen LogP contribution in [0.25, 0.3) is 0 Å². The Morgan fingerprint density at radius 1 is 1.21 bits per heavy atom. The molecule has 3 nitrogen and oxygen atoms in total. The fraction of sp³-hybridized carbons (Fsp3) is 1.00. The lowest BCUT2D eigenvalue weighted by Gasteiger charge is -2.41. The number of hydrogen-bond acceptors (Lipinski definition) is 3. The highest BCUT2D eigenvalue weighted by atomic mass is 16.5. The molecular weight excluding hydrogens is 236 g/mol. The molecule has 1 saturated carbocycles. The molecule has 2 N–H and O–H groups in total. The second-order valence-electron chi connectivity index (χ2n) is 6.72. The molecule has 2 aliphatic rings. The monoisotopic (exact) mass is 268 g/mol. The van der Waals surface area contributed by atoms with Crippen molar-refractivity contribution in [3.63, 3.8) is 0 Å². The Morgan fingerprint density at radius 3 is 2.74 bits per heavy atom. The van der Waals surface area contributed by atoms with Gasteiger partial charge in [-0.15, -0.1) is 0 Å². The minimum absolute atomic E-state index is 0.377. The summed E-state index contributed by atoms with van der Waals surface area (Å²) < 4.78 is 5.60. The van der Waals surface area contributed by atoms with Crippen LogP contribution in [0.3, 0.4) is 0 Å². The average molecular weight is 268 g/mol. The van der Waals surface area contributed by atoms with Crippen molar-refractivity contribution in [2.45, 2.75) is 64.0 Å². The standard InChI is InChI=1S/C16H32N2O/c1-3-5-13-7-8-15(17)16(10-13)18(2)11-14-6-4-9-19-12-14/h13-16H,3-12,17H2,1-2H3. The smallest absolute Gasteiger partial charge is 0.0506 e. The first kappa shape index (κ1) is 15.3. The molecule has 4 unspecified atom stereocenters. The van der Waals surface area contributed by atoms with Gasteiger partial charge in [-0.3, -0.25) is 0 Å². The van der Waals surface area contributed by atoms with Gasteiger partial charge in [-0.05, 0) is 51.0 Å². The van der Waals surface area contributed by atoms with E-state index in [4.69, 9.17) is 10.5 Å². The highest BCUT2D eigenvalue weighted by molar-refractivity contribution is 4.89. The SMILES string of the molecule is CCCC1CCC(N)C(N(C)CC2CCCOC2)C1. The van der Waals surface area contributed by atoms with Crippen molar-refractivity contribution >= 4 is 0 Å². The molecule has 19 heavy (non-hydrogen) atoms. The summed E-state index contributed by atoms with van der Waals surface area (Å²) in [5, 5.41) is 0. The van der Waals surface area contributed by atoms with E-state index in [9.17, 15) is 0 Å². The molecule has 4 atom stereocenters. The summed E-state index contributed by atoms with van der Waals surface area (Å²) in [6.45, 7) is 5.37. The molecule has 0 amide bonds. The van der Waals surface area contributed by atoms with E-state index in [0.717, 1.165) is 31.6 Å². The molecule has 1 saturated heterocycles. The molecular formula is C16H32N2O. The minimum Gasteiger partial charge on any atom is -0.381 e. The van der Waals surface area contributed by atoms with Crippen LogP contribution in [0.4, 0.5) is 0 Å². The van der Waals surface area contributed by atoms with Crippen LogP contribution in [0.15, 0.2) is 0 Å². The zero-order valence-corrected chi connectivity index (χ0v) is 12.8. The molecule has 0 aromatic heterocycles. The Bertz CT molecular complexity index is 253. The maximum absolute atomic E-state index is 6.37. The Morgan fingerprint density at radius 2 is 2.05 bits per heavy atom. The zero-order valence-electron chi connectivity index (χ0n) is 12.8. The lowest BCUT2D eigenvalue weighted by molar-refractivity contribution is 0.0276. The number of hydrogen-bond donors (Lipinski definition) is 1. The third kappa shape index (κ3) is 4.44. The van der Waals surface area contributed by atoms with Crippen molar-refractivity contribution in [3.8, 4) is 0 Å². The summed E-state index contributed by atoms with van der Waals surface area (Å²) in [6, 6.07) is 0.967. The number of nitrogens with two attached hydrogens (primary N) is 1. The predicted molar refractivity (Wildman–Crippen MR) is 80.2 cm³/mol. The molecule has 0 bridgehead atoms. The van der Waals surface area contributed by atoms with Crippen LogP contribution in [0, 0.1) is 11.8 Å². The Labute approximate surface area is 118 Å². The van der Waals surface area contributed by atoms with Gasteiger partial charge >= 0.3 is 0 Å². The second-order valence-corrected chi connectivity index (χ2v) is 6.72. The highest BCUT2D eigenvalue weighted by Gasteiger charge is 2.31. The molecule has 3 heteroatoms. The van der Waals surface area contributed by atoms with E-state index in [0.29, 0.717) is 12.1 Å². The van der Waals surface area contributed by atoms with Crippen molar-refractivity contribution in [2.24, 2.45) is 17.6 Å². The minimum atomic E-state index is 0.377. The molecule has 0 spiro atoms. The molecule has 0 aromatic rings. The van der Waals surface area contributed by atoms with Crippen LogP contribution >= 0.6 is 0 Å². The van der Waals surface area contributed by atoms with Crippen molar-refractivity contribution in [1.82, 2.24) is 4.90 Å². The van der Waals surface area contributed by atoms with Gasteiger partial charge in [0.15, 0.2) is 0 Å². The van der Waals surface area contributed by atoms with Gasteiger partial charge in [0.25, 0.3) is 0 Å². The fourth-order valence-corrected chi connectivity index (χ4v) is 3.93. The second kappa shape index (κ2) is 7.61. The normalized spacial score (nSPS) is 36.6. The van der Waals surface area contributed by atoms with Gasteiger partial charge in [-0.25, -0.2) is 0 Å². The zero-order chi connectivity index (χ0) is 13.7. The third-order valence-corrected chi connectivity index (χ3v) is 5.04. The van der Waals surface area contributed by atoms with Crippen LogP contribution < -0.4 is 5.73 Å². The fourth-order valence-electron chi connectivity index (χ4n) is 3.93. The Balaban J connectivity index is 1.82. The van der Waals surface area contributed by atoms with E-state index in [-0.39, 0.29) is 0 Å². The van der Waals surface area contributed by atoms with Crippen LogP contribution in [0.2, 0.25) is 0 Å². The lowest BCUT2D eigenvalue weighted by atomic mass is 9.79. The Hall–Kier alpha value is -0.120. The summed E-state index contributed by atoms with van der Waals surface area (Å²) in [4.78, 5) is 2.53. The van der Waals surface area contributed by atoms with Gasteiger partial charge in [0.05, 0.1) is 6.61 Å². The summed E-state index contributed by atoms with van der Waals surface area (Å²) >= 11 is 0. The van der Waals surface area contributed by atoms with Crippen LogP contribution in [0.5, 0.6) is 0 Å². The highest BCUT2D eigenvalue weighted by Crippen LogP contribution is 2.30. The first-order valence-electron chi connectivity index (χ1n) is 8.24. The van der Waals surface area contributed by atoms with E-state index >= 15 is 0 Å². The average Bonchev–Trinajstić information content (AvgIpc) is 2.42. The van der Waals surface area contributed by atoms with Gasteiger partial charge in [-0.1, -0.05) is 19.8 Å². The van der Waals surface area contributed by atoms with E-state index < -0.39 is 0 Å². The molecule has 1 heterocycles. The van der Waals surface area contributed by atoms with Gasteiger partial charge in [-0.2, -0.15) is 0 Å². The number of nitrogens with zero attached hydrogens (tertiary/aromatic N) is 1. The van der Waals surface area contributed by atoms with Gasteiger partial charge in [0.1, 0.15) is 0 Å². The quantitative estimate of drug-likeness (QED) is 0.833. The maximum Gasteiger partial charge on any atom is 0.0506 e. The van der Waals surface area contributed by atoms with Crippen LogP contribution in [-0.4, -0.2) is 43.8 Å². The predicted octanol–water partition coefficient (Wildman–Crippen LogP) is 2.64. The van der Waals surface area contributed by atoms with Crippen LogP contribution in [0.1, 0.15) is 51.9 Å². The number of rotatable bonds is 5. The lowest BCUT2D eigenvalue weighted by Crippen LogP contribution is -2.51. The molecule has 0 aromatic carbocycles. The molecule has 1 aliphatic carbocycles. The maximum atomic E-state index is 6.37. The number of ether oxygens (including phenoxy) is 1. The molecule has 2 fully saturated rings. The van der Waals surface area contributed by atoms with Crippen molar-refractivity contribution < 1.29 is 4.74 Å². The van der Waals surface area contributed by atoms with E-state index in [1.165, 1.54) is 44.9 Å². The van der Waals surface area contributed by atoms with Crippen molar-refractivity contribution in [3.05, 3.63) is 0 Å². The van der Waals surface area contributed by atoms with Crippen molar-refractivity contribution in [2.75, 3.05) is 26.8 Å². The van der Waals surface area contributed by atoms with Gasteiger partial charge in [0, 0.05) is 25.2 Å². The third-order valence-electron chi connectivity index (χ3n) is 5.04. The summed E-state index contributed by atoms with van der Waals surface area (Å²) in [5.41, 5.74) is 6.37. The summed E-state index contributed by atoms with van der Waals surface area (Å²) in [7, 11) is 2.27. The van der Waals surface area contributed by atoms with E-state index in [1.54, 1.807) is 0 Å². The largest absolute Gasteiger partial charge is 0.381 e. The van der Waals surface area contributed by atoms with E-state index in [2.05, 4.69) is 18.9 Å². The van der Waals surface area contributed by atoms with Crippen LogP contribution in [-0.2, 0) is 4.74 Å². The first-order valence-corrected chi connectivity index (χ1v) is 8.24. The topological polar surface area (TPSA) is 38.5 Å². The molecule has 2 rings (SSSR count). The first-order chi connectivity index (χ1) is 9.20. The summed E-state index contributed by atoms with van der Waals surface area (Å²) in [5.74, 6) is 1.62. The molecule has 112 valence electrons. The van der Waals surface area contributed by atoms with Crippen molar-refractivity contribution in [1.29, 1.82) is 0 Å². The van der Waals surface area contributed by atoms with Gasteiger partial charge in [0.2, 0.25) is 0 Å². The summed E-state index contributed by atoms with van der Waals surface area (Å²) in [6.07, 6.45) is 9.10. The molecule has 0 radical (unpaired) electrons. The van der Waals surface area contributed by atoms with Gasteiger partial charge < -0.3 is 15.4 Å². The Kier molecular flexibility index (Phi) is 6.11. The van der Waals surface area contributed by atoms with E-state index in [1.807, 2.05) is 0 Å². The molecule has 1 aliphatic heterocycles. The number of likely N-dealkylation sites (N-methyl/N-ethyl adjacent to an activating group) is 1.